The van der Waals surface area contributed by atoms with Crippen LogP contribution in [0.25, 0.3) is 11.5 Å². The molecule has 1 aliphatic carbocycles. The van der Waals surface area contributed by atoms with Crippen molar-refractivity contribution in [3.8, 4) is 23.0 Å². The van der Waals surface area contributed by atoms with Crippen molar-refractivity contribution in [2.75, 3.05) is 6.61 Å². The normalized spacial score (nSPS) is 12.7. The average molecular weight is 492 g/mol. The first-order valence-electron chi connectivity index (χ1n) is 11.2. The molecule has 0 spiro atoms. The van der Waals surface area contributed by atoms with Crippen LogP contribution in [0.2, 0.25) is 0 Å². The number of carbonyl (C=O) groups is 1. The van der Waals surface area contributed by atoms with Gasteiger partial charge in [-0.05, 0) is 49.1 Å². The SMILES string of the molecule is CC.NCc1oc(-c2ccc(OC(F)F)c(OCC3CC3)c2)nc1C(=O)NCc1ccc(F)cn1. The summed E-state index contributed by atoms with van der Waals surface area (Å²) in [5.41, 5.74) is 6.53. The molecule has 2 heterocycles. The first-order chi connectivity index (χ1) is 16.9. The van der Waals surface area contributed by atoms with E-state index in [2.05, 4.69) is 20.0 Å². The van der Waals surface area contributed by atoms with E-state index in [4.69, 9.17) is 14.9 Å². The molecule has 1 fully saturated rings. The van der Waals surface area contributed by atoms with Crippen LogP contribution in [-0.4, -0.2) is 29.1 Å². The fourth-order valence-electron chi connectivity index (χ4n) is 3.00. The summed E-state index contributed by atoms with van der Waals surface area (Å²) in [6, 6.07) is 6.95. The van der Waals surface area contributed by atoms with Crippen molar-refractivity contribution in [2.24, 2.45) is 11.7 Å². The minimum Gasteiger partial charge on any atom is -0.489 e. The number of hydrogen-bond donors (Lipinski definition) is 2. The zero-order valence-corrected chi connectivity index (χ0v) is 19.4. The number of benzene rings is 1. The Kier molecular flexibility index (Phi) is 9.07. The van der Waals surface area contributed by atoms with Crippen LogP contribution in [0.1, 0.15) is 48.6 Å². The van der Waals surface area contributed by atoms with Crippen LogP contribution < -0.4 is 20.5 Å². The van der Waals surface area contributed by atoms with Crippen LogP contribution in [-0.2, 0) is 13.1 Å². The quantitative estimate of drug-likeness (QED) is 0.423. The largest absolute Gasteiger partial charge is 0.489 e. The summed E-state index contributed by atoms with van der Waals surface area (Å²) in [4.78, 5) is 20.7. The number of alkyl halides is 2. The van der Waals surface area contributed by atoms with Crippen LogP contribution in [0.15, 0.2) is 40.9 Å². The van der Waals surface area contributed by atoms with Gasteiger partial charge >= 0.3 is 6.61 Å². The summed E-state index contributed by atoms with van der Waals surface area (Å²) in [5.74, 6) is -0.417. The molecule has 0 atom stereocenters. The second-order valence-corrected chi connectivity index (χ2v) is 7.44. The summed E-state index contributed by atoms with van der Waals surface area (Å²) in [5, 5.41) is 2.63. The third kappa shape index (κ3) is 7.19. The molecule has 1 aromatic carbocycles. The van der Waals surface area contributed by atoms with Crippen LogP contribution >= 0.6 is 0 Å². The van der Waals surface area contributed by atoms with Crippen LogP contribution in [0, 0.1) is 11.7 Å². The molecule has 0 aliphatic heterocycles. The molecule has 1 saturated carbocycles. The third-order valence-corrected chi connectivity index (χ3v) is 4.89. The van der Waals surface area contributed by atoms with Gasteiger partial charge < -0.3 is 24.9 Å². The Labute approximate surface area is 200 Å². The van der Waals surface area contributed by atoms with Crippen molar-refractivity contribution < 1.29 is 31.9 Å². The van der Waals surface area contributed by atoms with E-state index in [-0.39, 0.29) is 41.9 Å². The molecule has 0 radical (unpaired) electrons. The average Bonchev–Trinajstić information content (AvgIpc) is 3.59. The second kappa shape index (κ2) is 12.2. The summed E-state index contributed by atoms with van der Waals surface area (Å²) >= 11 is 0. The molecule has 0 saturated heterocycles. The Bertz CT molecular complexity index is 1120. The molecule has 3 N–H and O–H groups in total. The highest BCUT2D eigenvalue weighted by Crippen LogP contribution is 2.36. The van der Waals surface area contributed by atoms with Gasteiger partial charge in [0.1, 0.15) is 5.82 Å². The van der Waals surface area contributed by atoms with Crippen molar-refractivity contribution in [1.82, 2.24) is 15.3 Å². The predicted octanol–water partition coefficient (Wildman–Crippen LogP) is 4.68. The fraction of sp³-hybridized carbons (Fsp3) is 0.375. The summed E-state index contributed by atoms with van der Waals surface area (Å²) in [6.45, 7) is 1.33. The Morgan fingerprint density at radius 3 is 2.63 bits per heavy atom. The van der Waals surface area contributed by atoms with Gasteiger partial charge in [-0.2, -0.15) is 8.78 Å². The molecule has 11 heteroatoms. The zero-order chi connectivity index (χ0) is 25.4. The Balaban J connectivity index is 0.00000167. The topological polar surface area (TPSA) is 113 Å². The maximum atomic E-state index is 13.0. The van der Waals surface area contributed by atoms with Gasteiger partial charge in [0.25, 0.3) is 5.91 Å². The number of halogens is 3. The van der Waals surface area contributed by atoms with Gasteiger partial charge in [-0.15, -0.1) is 0 Å². The molecule has 0 unspecified atom stereocenters. The Morgan fingerprint density at radius 2 is 2.00 bits per heavy atom. The molecule has 1 aliphatic rings. The summed E-state index contributed by atoms with van der Waals surface area (Å²) in [6.07, 6.45) is 3.10. The molecule has 4 rings (SSSR count). The smallest absolute Gasteiger partial charge is 0.387 e. The van der Waals surface area contributed by atoms with Crippen molar-refractivity contribution in [1.29, 1.82) is 0 Å². The molecule has 188 valence electrons. The third-order valence-electron chi connectivity index (χ3n) is 4.89. The molecule has 1 amide bonds. The number of oxazole rings is 1. The molecular weight excluding hydrogens is 465 g/mol. The lowest BCUT2D eigenvalue weighted by Gasteiger charge is -2.12. The number of rotatable bonds is 10. The van der Waals surface area contributed by atoms with Crippen LogP contribution in [0.3, 0.4) is 0 Å². The fourth-order valence-corrected chi connectivity index (χ4v) is 3.00. The van der Waals surface area contributed by atoms with Gasteiger partial charge in [0.05, 0.1) is 31.6 Å². The van der Waals surface area contributed by atoms with Gasteiger partial charge in [0.15, 0.2) is 23.0 Å². The van der Waals surface area contributed by atoms with E-state index in [9.17, 15) is 18.0 Å². The van der Waals surface area contributed by atoms with Crippen molar-refractivity contribution in [3.05, 3.63) is 59.5 Å². The number of carbonyl (C=O) groups excluding carboxylic acids is 1. The molecule has 0 bridgehead atoms. The molecule has 3 aromatic rings. The van der Waals surface area contributed by atoms with Crippen molar-refractivity contribution in [3.63, 3.8) is 0 Å². The van der Waals surface area contributed by atoms with Gasteiger partial charge in [-0.3, -0.25) is 9.78 Å². The van der Waals surface area contributed by atoms with Gasteiger partial charge in [-0.25, -0.2) is 9.37 Å². The lowest BCUT2D eigenvalue weighted by atomic mass is 10.2. The Morgan fingerprint density at radius 1 is 1.23 bits per heavy atom. The second-order valence-electron chi connectivity index (χ2n) is 7.44. The first kappa shape index (κ1) is 26.0. The van der Waals surface area contributed by atoms with Crippen molar-refractivity contribution in [2.45, 2.75) is 46.4 Å². The highest BCUT2D eigenvalue weighted by Gasteiger charge is 2.24. The van der Waals surface area contributed by atoms with E-state index >= 15 is 0 Å². The molecule has 2 aromatic heterocycles. The maximum Gasteiger partial charge on any atom is 0.387 e. The van der Waals surface area contributed by atoms with Gasteiger partial charge in [0, 0.05) is 5.56 Å². The molecule has 8 nitrogen and oxygen atoms in total. The lowest BCUT2D eigenvalue weighted by molar-refractivity contribution is -0.0515. The lowest BCUT2D eigenvalue weighted by Crippen LogP contribution is -2.25. The summed E-state index contributed by atoms with van der Waals surface area (Å²) in [7, 11) is 0. The molecule has 35 heavy (non-hydrogen) atoms. The Hall–Kier alpha value is -3.60. The number of hydrogen-bond acceptors (Lipinski definition) is 7. The first-order valence-corrected chi connectivity index (χ1v) is 11.2. The minimum atomic E-state index is -3.00. The number of pyridine rings is 1. The zero-order valence-electron chi connectivity index (χ0n) is 19.4. The highest BCUT2D eigenvalue weighted by atomic mass is 19.3. The number of ether oxygens (including phenoxy) is 2. The van der Waals surface area contributed by atoms with E-state index in [1.54, 1.807) is 0 Å². The monoisotopic (exact) mass is 492 g/mol. The summed E-state index contributed by atoms with van der Waals surface area (Å²) < 4.78 is 54.3. The highest BCUT2D eigenvalue weighted by molar-refractivity contribution is 5.93. The van der Waals surface area contributed by atoms with E-state index < -0.39 is 18.3 Å². The van der Waals surface area contributed by atoms with Crippen molar-refractivity contribution >= 4 is 5.91 Å². The standard InChI is InChI=1S/C22H21F3N4O4.C2H6/c23-14-4-5-15(27-9-14)10-28-20(30)19-18(8-26)32-21(29-19)13-3-6-16(33-22(24)25)17(7-13)31-11-12-1-2-12;1-2/h3-7,9,12,22H,1-2,8,10-11,26H2,(H,28,30);1-2H3. The van der Waals surface area contributed by atoms with Gasteiger partial charge in [0.2, 0.25) is 5.89 Å². The predicted molar refractivity (Wildman–Crippen MR) is 121 cm³/mol. The van der Waals surface area contributed by atoms with Crippen LogP contribution in [0.4, 0.5) is 13.2 Å². The number of nitrogens with one attached hydrogen (secondary N) is 1. The minimum absolute atomic E-state index is 0.0250. The van der Waals surface area contributed by atoms with E-state index in [1.807, 2.05) is 13.8 Å². The number of amides is 1. The van der Waals surface area contributed by atoms with E-state index in [1.165, 1.54) is 30.3 Å². The number of aromatic nitrogens is 2. The number of nitrogens with zero attached hydrogens (tertiary/aromatic N) is 2. The van der Waals surface area contributed by atoms with Gasteiger partial charge in [-0.1, -0.05) is 13.8 Å². The molecular formula is C24H27F3N4O4. The maximum absolute atomic E-state index is 13.0. The van der Waals surface area contributed by atoms with Crippen LogP contribution in [0.5, 0.6) is 11.5 Å². The van der Waals surface area contributed by atoms with E-state index in [0.29, 0.717) is 23.8 Å². The number of nitrogens with two attached hydrogens (primary N) is 1. The van der Waals surface area contributed by atoms with E-state index in [0.717, 1.165) is 19.0 Å².